The lowest BCUT2D eigenvalue weighted by Crippen LogP contribution is -2.46. The van der Waals surface area contributed by atoms with Crippen molar-refractivity contribution >= 4 is 34.4 Å². The highest BCUT2D eigenvalue weighted by molar-refractivity contribution is 8.00. The number of nitrogens with two attached hydrogens (primary N) is 1. The predicted octanol–water partition coefficient (Wildman–Crippen LogP) is 2.78. The Morgan fingerprint density at radius 1 is 1.38 bits per heavy atom. The summed E-state index contributed by atoms with van der Waals surface area (Å²) in [6.45, 7) is 5.89. The lowest BCUT2D eigenvalue weighted by molar-refractivity contribution is 0.0750. The van der Waals surface area contributed by atoms with Crippen LogP contribution in [-0.4, -0.2) is 39.4 Å². The molecule has 2 N–H and O–H groups in total. The fourth-order valence-corrected chi connectivity index (χ4v) is 3.84. The normalized spacial score (nSPS) is 17.9. The van der Waals surface area contributed by atoms with E-state index in [0.29, 0.717) is 11.4 Å². The Balaban J connectivity index is 2.02. The minimum atomic E-state index is 0.0497. The molecule has 1 saturated heterocycles. The summed E-state index contributed by atoms with van der Waals surface area (Å²) in [6, 6.07) is 9.34. The van der Waals surface area contributed by atoms with Crippen molar-refractivity contribution in [1.82, 2.24) is 9.88 Å². The molecule has 1 aromatic heterocycles. The van der Waals surface area contributed by atoms with Crippen molar-refractivity contribution < 1.29 is 4.79 Å². The van der Waals surface area contributed by atoms with E-state index in [4.69, 9.17) is 5.73 Å². The Bertz CT molecular complexity index is 699. The fraction of sp³-hybridized carbons (Fsp3) is 0.375. The molecule has 0 bridgehead atoms. The number of pyridine rings is 1. The van der Waals surface area contributed by atoms with Gasteiger partial charge in [0.25, 0.3) is 5.91 Å². The van der Waals surface area contributed by atoms with Gasteiger partial charge in [-0.3, -0.25) is 4.79 Å². The molecule has 1 aliphatic heterocycles. The molecule has 0 spiro atoms. The molecule has 21 heavy (non-hydrogen) atoms. The van der Waals surface area contributed by atoms with Crippen LogP contribution in [0.25, 0.3) is 10.9 Å². The number of nitrogen functional groups attached to an aromatic ring is 1. The average molecular weight is 301 g/mol. The summed E-state index contributed by atoms with van der Waals surface area (Å²) in [5, 5.41) is 0.868. The van der Waals surface area contributed by atoms with Gasteiger partial charge in [0.05, 0.1) is 11.1 Å². The third-order valence-corrected chi connectivity index (χ3v) is 4.98. The number of thioether (sulfide) groups is 1. The van der Waals surface area contributed by atoms with Crippen LogP contribution < -0.4 is 5.73 Å². The van der Waals surface area contributed by atoms with Crippen molar-refractivity contribution in [2.45, 2.75) is 18.6 Å². The van der Waals surface area contributed by atoms with E-state index in [1.165, 1.54) is 0 Å². The van der Waals surface area contributed by atoms with Gasteiger partial charge in [-0.15, -0.1) is 0 Å². The molecule has 1 aliphatic rings. The Kier molecular flexibility index (Phi) is 3.53. The van der Waals surface area contributed by atoms with Crippen LogP contribution in [0.5, 0.6) is 0 Å². The molecule has 110 valence electrons. The largest absolute Gasteiger partial charge is 0.384 e. The van der Waals surface area contributed by atoms with Crippen LogP contribution in [0.4, 0.5) is 5.82 Å². The maximum absolute atomic E-state index is 12.9. The van der Waals surface area contributed by atoms with Gasteiger partial charge in [-0.25, -0.2) is 4.98 Å². The van der Waals surface area contributed by atoms with Gasteiger partial charge in [0.1, 0.15) is 5.82 Å². The van der Waals surface area contributed by atoms with Crippen LogP contribution in [-0.2, 0) is 0 Å². The van der Waals surface area contributed by atoms with Crippen LogP contribution in [0, 0.1) is 0 Å². The van der Waals surface area contributed by atoms with E-state index in [2.05, 4.69) is 18.8 Å². The number of carbonyl (C=O) groups is 1. The molecule has 1 aromatic carbocycles. The predicted molar refractivity (Wildman–Crippen MR) is 88.6 cm³/mol. The van der Waals surface area contributed by atoms with E-state index >= 15 is 0 Å². The number of aromatic nitrogens is 1. The number of anilines is 1. The summed E-state index contributed by atoms with van der Waals surface area (Å²) >= 11 is 1.91. The number of hydrogen-bond acceptors (Lipinski definition) is 4. The van der Waals surface area contributed by atoms with Crippen LogP contribution in [0.15, 0.2) is 30.3 Å². The van der Waals surface area contributed by atoms with Gasteiger partial charge in [-0.05, 0) is 26.0 Å². The number of fused-ring (bicyclic) bond motifs is 1. The standard InChI is InChI=1S/C16H19N3OS/c1-16(2)10-19(7-8-21-16)15(20)12-9-14(17)18-13-6-4-3-5-11(12)13/h3-6,9H,7-8,10H2,1-2H3,(H2,17,18). The monoisotopic (exact) mass is 301 g/mol. The van der Waals surface area contributed by atoms with Crippen molar-refractivity contribution in [3.63, 3.8) is 0 Å². The van der Waals surface area contributed by atoms with Gasteiger partial charge in [-0.2, -0.15) is 11.8 Å². The Morgan fingerprint density at radius 2 is 2.14 bits per heavy atom. The number of carbonyl (C=O) groups excluding carboxylic acids is 1. The smallest absolute Gasteiger partial charge is 0.254 e. The number of benzene rings is 1. The van der Waals surface area contributed by atoms with Crippen molar-refractivity contribution in [3.8, 4) is 0 Å². The highest BCUT2D eigenvalue weighted by Gasteiger charge is 2.30. The van der Waals surface area contributed by atoms with Crippen molar-refractivity contribution in [3.05, 3.63) is 35.9 Å². The highest BCUT2D eigenvalue weighted by Crippen LogP contribution is 2.31. The molecular weight excluding hydrogens is 282 g/mol. The molecule has 2 heterocycles. The summed E-state index contributed by atoms with van der Waals surface area (Å²) in [6.07, 6.45) is 0. The second-order valence-corrected chi connectivity index (χ2v) is 7.75. The van der Waals surface area contributed by atoms with E-state index < -0.39 is 0 Å². The number of para-hydroxylation sites is 1. The van der Waals surface area contributed by atoms with Gasteiger partial charge < -0.3 is 10.6 Å². The maximum atomic E-state index is 12.9. The summed E-state index contributed by atoms with van der Waals surface area (Å²) in [5.41, 5.74) is 7.28. The molecular formula is C16H19N3OS. The minimum absolute atomic E-state index is 0.0497. The molecule has 4 nitrogen and oxygen atoms in total. The molecule has 0 unspecified atom stereocenters. The Morgan fingerprint density at radius 3 is 2.90 bits per heavy atom. The first-order chi connectivity index (χ1) is 9.96. The first-order valence-corrected chi connectivity index (χ1v) is 8.03. The van der Waals surface area contributed by atoms with E-state index in [9.17, 15) is 4.79 Å². The molecule has 0 atom stereocenters. The molecule has 3 rings (SSSR count). The lowest BCUT2D eigenvalue weighted by Gasteiger charge is -2.37. The third kappa shape index (κ3) is 2.83. The summed E-state index contributed by atoms with van der Waals surface area (Å²) in [4.78, 5) is 19.1. The van der Waals surface area contributed by atoms with E-state index in [0.717, 1.165) is 29.7 Å². The zero-order valence-electron chi connectivity index (χ0n) is 12.3. The van der Waals surface area contributed by atoms with E-state index in [1.807, 2.05) is 40.9 Å². The van der Waals surface area contributed by atoms with Crippen molar-refractivity contribution in [1.29, 1.82) is 0 Å². The second kappa shape index (κ2) is 5.22. The summed E-state index contributed by atoms with van der Waals surface area (Å²) in [5.74, 6) is 1.41. The van der Waals surface area contributed by atoms with Gasteiger partial charge in [0.2, 0.25) is 0 Å². The third-order valence-electron chi connectivity index (χ3n) is 3.68. The van der Waals surface area contributed by atoms with Crippen molar-refractivity contribution in [2.24, 2.45) is 0 Å². The zero-order valence-corrected chi connectivity index (χ0v) is 13.1. The van der Waals surface area contributed by atoms with Crippen LogP contribution in [0.2, 0.25) is 0 Å². The van der Waals surface area contributed by atoms with Gasteiger partial charge >= 0.3 is 0 Å². The molecule has 0 aliphatic carbocycles. The first-order valence-electron chi connectivity index (χ1n) is 7.05. The quantitative estimate of drug-likeness (QED) is 0.880. The molecule has 1 amide bonds. The molecule has 0 saturated carbocycles. The van der Waals surface area contributed by atoms with Crippen molar-refractivity contribution in [2.75, 3.05) is 24.6 Å². The molecule has 5 heteroatoms. The van der Waals surface area contributed by atoms with Crippen LogP contribution >= 0.6 is 11.8 Å². The van der Waals surface area contributed by atoms with Crippen LogP contribution in [0.3, 0.4) is 0 Å². The Hall–Kier alpha value is -1.75. The zero-order chi connectivity index (χ0) is 15.0. The average Bonchev–Trinajstić information content (AvgIpc) is 2.44. The van der Waals surface area contributed by atoms with Gasteiger partial charge in [-0.1, -0.05) is 18.2 Å². The van der Waals surface area contributed by atoms with E-state index in [-0.39, 0.29) is 10.7 Å². The molecule has 1 fully saturated rings. The topological polar surface area (TPSA) is 59.2 Å². The number of nitrogens with zero attached hydrogens (tertiary/aromatic N) is 2. The number of hydrogen-bond donors (Lipinski definition) is 1. The number of amides is 1. The first kappa shape index (κ1) is 14.2. The number of rotatable bonds is 1. The molecule has 2 aromatic rings. The minimum Gasteiger partial charge on any atom is -0.384 e. The fourth-order valence-electron chi connectivity index (χ4n) is 2.73. The molecule has 0 radical (unpaired) electrons. The SMILES string of the molecule is CC1(C)CN(C(=O)c2cc(N)nc3ccccc23)CCS1. The van der Waals surface area contributed by atoms with Gasteiger partial charge in [0.15, 0.2) is 0 Å². The maximum Gasteiger partial charge on any atom is 0.254 e. The summed E-state index contributed by atoms with van der Waals surface area (Å²) in [7, 11) is 0. The Labute approximate surface area is 128 Å². The lowest BCUT2D eigenvalue weighted by atomic mass is 10.1. The van der Waals surface area contributed by atoms with Crippen LogP contribution in [0.1, 0.15) is 24.2 Å². The summed E-state index contributed by atoms with van der Waals surface area (Å²) < 4.78 is 0.0995. The van der Waals surface area contributed by atoms with Gasteiger partial charge in [0, 0.05) is 29.0 Å². The highest BCUT2D eigenvalue weighted by atomic mass is 32.2. The van der Waals surface area contributed by atoms with E-state index in [1.54, 1.807) is 6.07 Å². The second-order valence-electron chi connectivity index (χ2n) is 5.95.